The summed E-state index contributed by atoms with van der Waals surface area (Å²) in [5.41, 5.74) is 0. The zero-order valence-electron chi connectivity index (χ0n) is 54.8. The third-order valence-corrected chi connectivity index (χ3v) is 15.9. The van der Waals surface area contributed by atoms with E-state index in [2.05, 4.69) is 93.7 Å². The quantitative estimate of drug-likeness (QED) is 0.0261. The Labute approximate surface area is 510 Å². The molecule has 0 saturated heterocycles. The standard InChI is InChI=1S/C76H136O6/c1-4-7-10-13-16-19-22-25-27-29-31-33-35-37-38-40-41-43-45-47-49-51-54-57-60-63-66-69-75(78)81-72-73(71-80-74(77)68-65-62-59-56-53-24-21-18-15-12-9-6-3)82-76(79)70-67-64-61-58-55-52-50-48-46-44-42-39-36-34-32-30-28-26-23-20-17-14-11-8-5-2/h18,21-23,25-26,29-32,36,39,73H,4-17,19-20,24,27-28,33-35,37-38,40-72H2,1-3H3/b21-18-,25-22-,26-23-,31-29-,32-30-,39-36-. The summed E-state index contributed by atoms with van der Waals surface area (Å²) in [6.07, 6.45) is 92.2. The fourth-order valence-electron chi connectivity index (χ4n) is 10.5. The fraction of sp³-hybridized carbons (Fsp3) is 0.803. The summed E-state index contributed by atoms with van der Waals surface area (Å²) in [5, 5.41) is 0. The highest BCUT2D eigenvalue weighted by molar-refractivity contribution is 5.71. The van der Waals surface area contributed by atoms with E-state index in [1.54, 1.807) is 0 Å². The number of hydrogen-bond donors (Lipinski definition) is 0. The highest BCUT2D eigenvalue weighted by atomic mass is 16.6. The van der Waals surface area contributed by atoms with E-state index in [1.807, 2.05) is 0 Å². The second kappa shape index (κ2) is 70.3. The summed E-state index contributed by atoms with van der Waals surface area (Å²) < 4.78 is 17.0. The topological polar surface area (TPSA) is 78.9 Å². The molecule has 0 aromatic rings. The summed E-state index contributed by atoms with van der Waals surface area (Å²) in [6, 6.07) is 0. The molecule has 0 N–H and O–H groups in total. The minimum Gasteiger partial charge on any atom is -0.462 e. The highest BCUT2D eigenvalue weighted by Crippen LogP contribution is 2.17. The normalized spacial score (nSPS) is 12.5. The first-order chi connectivity index (χ1) is 40.5. The highest BCUT2D eigenvalue weighted by Gasteiger charge is 2.19. The van der Waals surface area contributed by atoms with Gasteiger partial charge in [0.15, 0.2) is 6.10 Å². The molecule has 0 aliphatic rings. The lowest BCUT2D eigenvalue weighted by molar-refractivity contribution is -0.167. The maximum Gasteiger partial charge on any atom is 0.306 e. The molecule has 0 aliphatic carbocycles. The van der Waals surface area contributed by atoms with Gasteiger partial charge in [-0.15, -0.1) is 0 Å². The van der Waals surface area contributed by atoms with Crippen molar-refractivity contribution in [3.63, 3.8) is 0 Å². The average Bonchev–Trinajstić information content (AvgIpc) is 3.48. The molecular formula is C76H136O6. The van der Waals surface area contributed by atoms with Crippen LogP contribution in [0.4, 0.5) is 0 Å². The van der Waals surface area contributed by atoms with Crippen LogP contribution >= 0.6 is 0 Å². The van der Waals surface area contributed by atoms with Crippen LogP contribution in [0.25, 0.3) is 0 Å². The van der Waals surface area contributed by atoms with Gasteiger partial charge in [-0.1, -0.05) is 312 Å². The third kappa shape index (κ3) is 67.6. The Morgan fingerprint density at radius 3 is 0.720 bits per heavy atom. The summed E-state index contributed by atoms with van der Waals surface area (Å²) in [7, 11) is 0. The van der Waals surface area contributed by atoms with E-state index in [0.29, 0.717) is 19.3 Å². The van der Waals surface area contributed by atoms with Crippen LogP contribution in [0, 0.1) is 0 Å². The number of rotatable bonds is 66. The van der Waals surface area contributed by atoms with Crippen LogP contribution in [0.5, 0.6) is 0 Å². The van der Waals surface area contributed by atoms with Crippen molar-refractivity contribution in [2.75, 3.05) is 13.2 Å². The van der Waals surface area contributed by atoms with Gasteiger partial charge in [0.2, 0.25) is 0 Å². The molecule has 0 heterocycles. The molecule has 0 aromatic heterocycles. The van der Waals surface area contributed by atoms with Gasteiger partial charge in [0, 0.05) is 19.3 Å². The van der Waals surface area contributed by atoms with Crippen LogP contribution in [0.15, 0.2) is 72.9 Å². The van der Waals surface area contributed by atoms with Crippen molar-refractivity contribution in [2.24, 2.45) is 0 Å². The van der Waals surface area contributed by atoms with Crippen molar-refractivity contribution in [1.82, 2.24) is 0 Å². The molecular weight excluding hydrogens is 1010 g/mol. The predicted molar refractivity (Wildman–Crippen MR) is 358 cm³/mol. The number of unbranched alkanes of at least 4 members (excludes halogenated alkanes) is 43. The van der Waals surface area contributed by atoms with Gasteiger partial charge in [-0.3, -0.25) is 14.4 Å². The number of hydrogen-bond acceptors (Lipinski definition) is 6. The second-order valence-corrected chi connectivity index (χ2v) is 24.1. The van der Waals surface area contributed by atoms with Crippen molar-refractivity contribution in [2.45, 2.75) is 380 Å². The lowest BCUT2D eigenvalue weighted by atomic mass is 10.0. The lowest BCUT2D eigenvalue weighted by Gasteiger charge is -2.18. The van der Waals surface area contributed by atoms with Gasteiger partial charge >= 0.3 is 17.9 Å². The maximum atomic E-state index is 13.0. The Hall–Kier alpha value is -3.15. The molecule has 1 unspecified atom stereocenters. The first-order valence-corrected chi connectivity index (χ1v) is 35.9. The smallest absolute Gasteiger partial charge is 0.306 e. The number of carbonyl (C=O) groups is 3. The number of ether oxygens (including phenoxy) is 3. The molecule has 0 rings (SSSR count). The lowest BCUT2D eigenvalue weighted by Crippen LogP contribution is -2.30. The van der Waals surface area contributed by atoms with Gasteiger partial charge in [0.05, 0.1) is 0 Å². The SMILES string of the molecule is CCCCC/C=C\CCCCCCCC(=O)OCC(COC(=O)CCCCCCCCCCCCCCCCC/C=C\C/C=C\CCCCCCC)OC(=O)CCCCCCCCCCCC/C=C\C/C=C\C/C=C\CCCCCCC. The van der Waals surface area contributed by atoms with Crippen LogP contribution in [0.3, 0.4) is 0 Å². The summed E-state index contributed by atoms with van der Waals surface area (Å²) in [6.45, 7) is 6.63. The molecule has 82 heavy (non-hydrogen) atoms. The van der Waals surface area contributed by atoms with Crippen LogP contribution in [-0.2, 0) is 28.6 Å². The van der Waals surface area contributed by atoms with Crippen LogP contribution in [0.2, 0.25) is 0 Å². The van der Waals surface area contributed by atoms with Gasteiger partial charge < -0.3 is 14.2 Å². The van der Waals surface area contributed by atoms with Gasteiger partial charge in [-0.2, -0.15) is 0 Å². The minimum absolute atomic E-state index is 0.0769. The van der Waals surface area contributed by atoms with Gasteiger partial charge in [-0.25, -0.2) is 0 Å². The van der Waals surface area contributed by atoms with Crippen molar-refractivity contribution < 1.29 is 28.6 Å². The van der Waals surface area contributed by atoms with Crippen LogP contribution in [0.1, 0.15) is 374 Å². The first-order valence-electron chi connectivity index (χ1n) is 35.9. The monoisotopic (exact) mass is 1150 g/mol. The average molecular weight is 1150 g/mol. The Morgan fingerprint density at radius 1 is 0.244 bits per heavy atom. The van der Waals surface area contributed by atoms with E-state index < -0.39 is 6.10 Å². The van der Waals surface area contributed by atoms with E-state index in [0.717, 1.165) is 83.5 Å². The minimum atomic E-state index is -0.782. The van der Waals surface area contributed by atoms with Gasteiger partial charge in [0.25, 0.3) is 0 Å². The van der Waals surface area contributed by atoms with E-state index in [4.69, 9.17) is 14.2 Å². The molecule has 0 spiro atoms. The molecule has 0 fully saturated rings. The summed E-state index contributed by atoms with van der Waals surface area (Å²) in [4.78, 5) is 38.4. The molecule has 0 saturated carbocycles. The van der Waals surface area contributed by atoms with E-state index in [1.165, 1.54) is 250 Å². The molecule has 6 heteroatoms. The van der Waals surface area contributed by atoms with Crippen LogP contribution in [-0.4, -0.2) is 37.2 Å². The number of esters is 3. The van der Waals surface area contributed by atoms with Crippen molar-refractivity contribution in [1.29, 1.82) is 0 Å². The van der Waals surface area contributed by atoms with Crippen molar-refractivity contribution in [3.8, 4) is 0 Å². The Balaban J connectivity index is 4.24. The van der Waals surface area contributed by atoms with Gasteiger partial charge in [-0.05, 0) is 116 Å². The number of carbonyl (C=O) groups excluding carboxylic acids is 3. The molecule has 6 nitrogen and oxygen atoms in total. The second-order valence-electron chi connectivity index (χ2n) is 24.1. The van der Waals surface area contributed by atoms with E-state index in [9.17, 15) is 14.4 Å². The molecule has 476 valence electrons. The largest absolute Gasteiger partial charge is 0.462 e. The van der Waals surface area contributed by atoms with Crippen LogP contribution < -0.4 is 0 Å². The molecule has 0 aromatic carbocycles. The van der Waals surface area contributed by atoms with E-state index >= 15 is 0 Å². The van der Waals surface area contributed by atoms with Gasteiger partial charge in [0.1, 0.15) is 13.2 Å². The molecule has 0 bridgehead atoms. The molecule has 1 atom stereocenters. The Morgan fingerprint density at radius 2 is 0.439 bits per heavy atom. The zero-order valence-corrected chi connectivity index (χ0v) is 54.8. The number of allylic oxidation sites excluding steroid dienone is 12. The first kappa shape index (κ1) is 78.8. The summed E-state index contributed by atoms with van der Waals surface area (Å²) >= 11 is 0. The Bertz CT molecular complexity index is 1500. The molecule has 0 aliphatic heterocycles. The predicted octanol–water partition coefficient (Wildman–Crippen LogP) is 24.8. The maximum absolute atomic E-state index is 13.0. The third-order valence-electron chi connectivity index (χ3n) is 15.9. The fourth-order valence-corrected chi connectivity index (χ4v) is 10.5. The zero-order chi connectivity index (χ0) is 59.2. The van der Waals surface area contributed by atoms with Crippen molar-refractivity contribution in [3.05, 3.63) is 72.9 Å². The summed E-state index contributed by atoms with van der Waals surface area (Å²) in [5.74, 6) is -0.871. The van der Waals surface area contributed by atoms with Crippen molar-refractivity contribution >= 4 is 17.9 Å². The van der Waals surface area contributed by atoms with E-state index in [-0.39, 0.29) is 31.1 Å². The molecule has 0 amide bonds. The molecule has 0 radical (unpaired) electrons. The Kier molecular flexibility index (Phi) is 67.6.